The van der Waals surface area contributed by atoms with Gasteiger partial charge in [0, 0.05) is 29.2 Å². The van der Waals surface area contributed by atoms with E-state index in [0.29, 0.717) is 28.4 Å². The Morgan fingerprint density at radius 2 is 2.20 bits per heavy atom. The summed E-state index contributed by atoms with van der Waals surface area (Å²) in [5, 5.41) is 2.81. The van der Waals surface area contributed by atoms with Gasteiger partial charge in [0.25, 0.3) is 5.56 Å². The second kappa shape index (κ2) is 7.12. The summed E-state index contributed by atoms with van der Waals surface area (Å²) in [4.78, 5) is 35.7. The summed E-state index contributed by atoms with van der Waals surface area (Å²) < 4.78 is 5.26. The molecule has 0 bridgehead atoms. The third-order valence-electron chi connectivity index (χ3n) is 3.84. The first-order valence-corrected chi connectivity index (χ1v) is 7.87. The molecule has 0 aliphatic carbocycles. The molecule has 0 aliphatic rings. The summed E-state index contributed by atoms with van der Waals surface area (Å²) in [6.45, 7) is 3.53. The molecular weight excluding hydrogens is 320 g/mol. The number of aromatic nitrogens is 3. The smallest absolute Gasteiger partial charge is 0.255 e. The van der Waals surface area contributed by atoms with Gasteiger partial charge < -0.3 is 14.7 Å². The number of furan rings is 1. The number of H-pyrrole nitrogens is 1. The van der Waals surface area contributed by atoms with Crippen LogP contribution >= 0.6 is 0 Å². The number of rotatable bonds is 5. The lowest BCUT2D eigenvalue weighted by atomic mass is 10.1. The highest BCUT2D eigenvalue weighted by Gasteiger charge is 2.16. The Morgan fingerprint density at radius 3 is 2.84 bits per heavy atom. The number of carbonyl (C=O) groups is 1. The molecule has 0 fully saturated rings. The molecule has 1 atom stereocenters. The summed E-state index contributed by atoms with van der Waals surface area (Å²) in [6.07, 6.45) is 4.77. The van der Waals surface area contributed by atoms with Crippen LogP contribution < -0.4 is 10.9 Å². The molecule has 0 aromatic carbocycles. The lowest BCUT2D eigenvalue weighted by Gasteiger charge is -2.12. The molecule has 0 radical (unpaired) electrons. The SMILES string of the molecule is Cc1nc(-c2cccnc2)[nH]c(=O)c1CC(=O)N[C@@H](C)c1ccco1. The fourth-order valence-corrected chi connectivity index (χ4v) is 2.52. The largest absolute Gasteiger partial charge is 0.467 e. The van der Waals surface area contributed by atoms with Crippen LogP contribution in [-0.4, -0.2) is 20.9 Å². The van der Waals surface area contributed by atoms with Gasteiger partial charge in [0.1, 0.15) is 11.6 Å². The minimum Gasteiger partial charge on any atom is -0.467 e. The average molecular weight is 338 g/mol. The summed E-state index contributed by atoms with van der Waals surface area (Å²) in [7, 11) is 0. The van der Waals surface area contributed by atoms with Crippen LogP contribution in [0.2, 0.25) is 0 Å². The zero-order valence-corrected chi connectivity index (χ0v) is 13.9. The summed E-state index contributed by atoms with van der Waals surface area (Å²) in [5.74, 6) is 0.821. The van der Waals surface area contributed by atoms with Crippen LogP contribution in [0.3, 0.4) is 0 Å². The fourth-order valence-electron chi connectivity index (χ4n) is 2.52. The Hall–Kier alpha value is -3.22. The molecule has 0 spiro atoms. The van der Waals surface area contributed by atoms with Gasteiger partial charge in [-0.3, -0.25) is 14.6 Å². The normalized spacial score (nSPS) is 11.9. The minimum absolute atomic E-state index is 0.0491. The fraction of sp³-hybridized carbons (Fsp3) is 0.222. The number of hydrogen-bond donors (Lipinski definition) is 2. The minimum atomic E-state index is -0.327. The van der Waals surface area contributed by atoms with Gasteiger partial charge in [0.2, 0.25) is 5.91 Å². The number of pyridine rings is 1. The van der Waals surface area contributed by atoms with Gasteiger partial charge in [-0.25, -0.2) is 4.98 Å². The highest BCUT2D eigenvalue weighted by molar-refractivity contribution is 5.79. The Bertz CT molecular complexity index is 917. The van der Waals surface area contributed by atoms with Crippen LogP contribution in [0.1, 0.15) is 30.0 Å². The predicted molar refractivity (Wildman–Crippen MR) is 91.8 cm³/mol. The maximum absolute atomic E-state index is 12.4. The van der Waals surface area contributed by atoms with Crippen LogP contribution in [0.4, 0.5) is 0 Å². The Balaban J connectivity index is 1.77. The molecule has 3 aromatic rings. The van der Waals surface area contributed by atoms with E-state index >= 15 is 0 Å². The van der Waals surface area contributed by atoms with Crippen molar-refractivity contribution < 1.29 is 9.21 Å². The molecule has 7 heteroatoms. The van der Waals surface area contributed by atoms with Crippen molar-refractivity contribution in [2.45, 2.75) is 26.3 Å². The van der Waals surface area contributed by atoms with Crippen LogP contribution in [0.25, 0.3) is 11.4 Å². The second-order valence-corrected chi connectivity index (χ2v) is 5.70. The molecule has 3 rings (SSSR count). The number of nitrogens with zero attached hydrogens (tertiary/aromatic N) is 2. The van der Waals surface area contributed by atoms with Gasteiger partial charge in [0.15, 0.2) is 0 Å². The van der Waals surface area contributed by atoms with E-state index in [-0.39, 0.29) is 23.9 Å². The van der Waals surface area contributed by atoms with E-state index in [1.54, 1.807) is 43.8 Å². The molecule has 0 saturated heterocycles. The molecule has 2 N–H and O–H groups in total. The summed E-state index contributed by atoms with van der Waals surface area (Å²) in [5.41, 5.74) is 1.25. The molecule has 7 nitrogen and oxygen atoms in total. The van der Waals surface area contributed by atoms with E-state index in [1.807, 2.05) is 13.0 Å². The first-order valence-electron chi connectivity index (χ1n) is 7.87. The highest BCUT2D eigenvalue weighted by Crippen LogP contribution is 2.14. The molecular formula is C18H18N4O3. The molecule has 25 heavy (non-hydrogen) atoms. The Morgan fingerprint density at radius 1 is 1.36 bits per heavy atom. The number of hydrogen-bond acceptors (Lipinski definition) is 5. The van der Waals surface area contributed by atoms with E-state index in [2.05, 4.69) is 20.3 Å². The number of aromatic amines is 1. The van der Waals surface area contributed by atoms with Gasteiger partial charge in [-0.05, 0) is 38.1 Å². The standard InChI is InChI=1S/C18H18N4O3/c1-11-14(9-16(23)20-12(2)15-6-4-8-25-15)18(24)22-17(21-11)13-5-3-7-19-10-13/h3-8,10,12H,9H2,1-2H3,(H,20,23)(H,21,22,24)/t12-/m0/s1. The van der Waals surface area contributed by atoms with Crippen LogP contribution in [0.5, 0.6) is 0 Å². The average Bonchev–Trinajstić information content (AvgIpc) is 3.13. The van der Waals surface area contributed by atoms with E-state index in [4.69, 9.17) is 4.42 Å². The number of amides is 1. The molecule has 0 aliphatic heterocycles. The van der Waals surface area contributed by atoms with E-state index in [0.717, 1.165) is 0 Å². The second-order valence-electron chi connectivity index (χ2n) is 5.70. The maximum atomic E-state index is 12.4. The van der Waals surface area contributed by atoms with Gasteiger partial charge in [0.05, 0.1) is 18.7 Å². The van der Waals surface area contributed by atoms with E-state index in [9.17, 15) is 9.59 Å². The molecule has 0 unspecified atom stereocenters. The lowest BCUT2D eigenvalue weighted by Crippen LogP contribution is -2.31. The first-order chi connectivity index (χ1) is 12.0. The molecule has 3 heterocycles. The van der Waals surface area contributed by atoms with Crippen molar-refractivity contribution in [2.75, 3.05) is 0 Å². The zero-order valence-electron chi connectivity index (χ0n) is 13.9. The van der Waals surface area contributed by atoms with Crippen molar-refractivity contribution in [3.05, 3.63) is 70.3 Å². The molecule has 3 aromatic heterocycles. The topological polar surface area (TPSA) is 101 Å². The van der Waals surface area contributed by atoms with Crippen LogP contribution in [-0.2, 0) is 11.2 Å². The third kappa shape index (κ3) is 3.82. The van der Waals surface area contributed by atoms with Gasteiger partial charge >= 0.3 is 0 Å². The highest BCUT2D eigenvalue weighted by atomic mass is 16.3. The van der Waals surface area contributed by atoms with Crippen LogP contribution in [0.15, 0.2) is 52.1 Å². The van der Waals surface area contributed by atoms with E-state index < -0.39 is 0 Å². The molecule has 0 saturated carbocycles. The maximum Gasteiger partial charge on any atom is 0.255 e. The van der Waals surface area contributed by atoms with E-state index in [1.165, 1.54) is 0 Å². The Labute approximate surface area is 144 Å². The van der Waals surface area contributed by atoms with Crippen molar-refractivity contribution in [3.63, 3.8) is 0 Å². The first kappa shape index (κ1) is 16.6. The quantitative estimate of drug-likeness (QED) is 0.742. The third-order valence-corrected chi connectivity index (χ3v) is 3.84. The van der Waals surface area contributed by atoms with Crippen LogP contribution in [0, 0.1) is 6.92 Å². The number of aryl methyl sites for hydroxylation is 1. The van der Waals surface area contributed by atoms with Crippen molar-refractivity contribution in [1.82, 2.24) is 20.3 Å². The van der Waals surface area contributed by atoms with Crippen molar-refractivity contribution in [2.24, 2.45) is 0 Å². The zero-order chi connectivity index (χ0) is 17.8. The monoisotopic (exact) mass is 338 g/mol. The summed E-state index contributed by atoms with van der Waals surface area (Å²) in [6, 6.07) is 6.84. The predicted octanol–water partition coefficient (Wildman–Crippen LogP) is 2.15. The Kier molecular flexibility index (Phi) is 4.74. The van der Waals surface area contributed by atoms with Gasteiger partial charge in [-0.15, -0.1) is 0 Å². The molecule has 1 amide bonds. The van der Waals surface area contributed by atoms with Crippen molar-refractivity contribution >= 4 is 5.91 Å². The van der Waals surface area contributed by atoms with Crippen molar-refractivity contribution in [3.8, 4) is 11.4 Å². The lowest BCUT2D eigenvalue weighted by molar-refractivity contribution is -0.121. The molecule has 128 valence electrons. The number of carbonyl (C=O) groups excluding carboxylic acids is 1. The van der Waals surface area contributed by atoms with Gasteiger partial charge in [-0.1, -0.05) is 0 Å². The van der Waals surface area contributed by atoms with Crippen molar-refractivity contribution in [1.29, 1.82) is 0 Å². The van der Waals surface area contributed by atoms with Gasteiger partial charge in [-0.2, -0.15) is 0 Å². The summed E-state index contributed by atoms with van der Waals surface area (Å²) >= 11 is 0. The number of nitrogens with one attached hydrogen (secondary N) is 2.